The number of carboxylic acids is 2. The number of benzene rings is 2. The summed E-state index contributed by atoms with van der Waals surface area (Å²) < 4.78 is 0. The van der Waals surface area contributed by atoms with Crippen molar-refractivity contribution in [2.24, 2.45) is 0 Å². The van der Waals surface area contributed by atoms with Gasteiger partial charge in [-0.05, 0) is 53.9 Å². The van der Waals surface area contributed by atoms with Crippen LogP contribution in [0.1, 0.15) is 26.3 Å². The Morgan fingerprint density at radius 3 is 2.20 bits per heavy atom. The van der Waals surface area contributed by atoms with E-state index in [1.807, 2.05) is 0 Å². The number of rotatable bonds is 3. The maximum atomic E-state index is 11.2. The van der Waals surface area contributed by atoms with Gasteiger partial charge in [0.25, 0.3) is 0 Å². The SMILES string of the molecule is Cc1cc(O)cc(-c2cc(C(=O)O)ccc2C(=O)O)c1. The molecule has 0 atom stereocenters. The average molecular weight is 272 g/mol. The predicted octanol–water partition coefficient (Wildman–Crippen LogP) is 2.76. The monoisotopic (exact) mass is 272 g/mol. The quantitative estimate of drug-likeness (QED) is 0.798. The molecule has 5 nitrogen and oxygen atoms in total. The van der Waals surface area contributed by atoms with Crippen LogP contribution in [0.3, 0.4) is 0 Å². The molecule has 0 spiro atoms. The molecule has 3 N–H and O–H groups in total. The van der Waals surface area contributed by atoms with Crippen molar-refractivity contribution in [2.45, 2.75) is 6.92 Å². The summed E-state index contributed by atoms with van der Waals surface area (Å²) in [6.07, 6.45) is 0. The van der Waals surface area contributed by atoms with Crippen LogP contribution in [-0.2, 0) is 0 Å². The van der Waals surface area contributed by atoms with Crippen LogP contribution in [0.5, 0.6) is 5.75 Å². The molecule has 0 aliphatic rings. The Labute approximate surface area is 114 Å². The van der Waals surface area contributed by atoms with Crippen LogP contribution in [0.4, 0.5) is 0 Å². The van der Waals surface area contributed by atoms with Gasteiger partial charge < -0.3 is 15.3 Å². The fourth-order valence-electron chi connectivity index (χ4n) is 2.02. The minimum absolute atomic E-state index is 0.00272. The van der Waals surface area contributed by atoms with Gasteiger partial charge in [-0.2, -0.15) is 0 Å². The van der Waals surface area contributed by atoms with E-state index in [1.165, 1.54) is 30.3 Å². The van der Waals surface area contributed by atoms with Gasteiger partial charge >= 0.3 is 11.9 Å². The Hall–Kier alpha value is -2.82. The first kappa shape index (κ1) is 13.6. The molecule has 20 heavy (non-hydrogen) atoms. The Bertz CT molecular complexity index is 683. The summed E-state index contributed by atoms with van der Waals surface area (Å²) in [6.45, 7) is 1.75. The van der Waals surface area contributed by atoms with Gasteiger partial charge in [0, 0.05) is 0 Å². The molecular weight excluding hydrogens is 260 g/mol. The third kappa shape index (κ3) is 2.61. The second-order valence-corrected chi connectivity index (χ2v) is 4.43. The smallest absolute Gasteiger partial charge is 0.336 e. The largest absolute Gasteiger partial charge is 0.508 e. The molecule has 0 aliphatic heterocycles. The van der Waals surface area contributed by atoms with Gasteiger partial charge in [-0.3, -0.25) is 0 Å². The summed E-state index contributed by atoms with van der Waals surface area (Å²) in [7, 11) is 0. The molecule has 0 amide bonds. The van der Waals surface area contributed by atoms with E-state index in [9.17, 15) is 19.8 Å². The molecule has 102 valence electrons. The van der Waals surface area contributed by atoms with Gasteiger partial charge in [-0.25, -0.2) is 9.59 Å². The van der Waals surface area contributed by atoms with Crippen LogP contribution in [0.2, 0.25) is 0 Å². The van der Waals surface area contributed by atoms with Crippen molar-refractivity contribution in [1.29, 1.82) is 0 Å². The van der Waals surface area contributed by atoms with Crippen molar-refractivity contribution in [1.82, 2.24) is 0 Å². The molecule has 0 saturated heterocycles. The maximum absolute atomic E-state index is 11.2. The number of aromatic hydroxyl groups is 1. The highest BCUT2D eigenvalue weighted by atomic mass is 16.4. The fourth-order valence-corrected chi connectivity index (χ4v) is 2.02. The first-order valence-electron chi connectivity index (χ1n) is 5.80. The normalized spacial score (nSPS) is 10.2. The molecule has 0 aromatic heterocycles. The van der Waals surface area contributed by atoms with Gasteiger partial charge in [0.2, 0.25) is 0 Å². The lowest BCUT2D eigenvalue weighted by atomic mass is 9.96. The molecule has 2 rings (SSSR count). The topological polar surface area (TPSA) is 94.8 Å². The molecule has 0 aliphatic carbocycles. The summed E-state index contributed by atoms with van der Waals surface area (Å²) in [5, 5.41) is 27.8. The van der Waals surface area contributed by atoms with Gasteiger partial charge in [-0.15, -0.1) is 0 Å². The van der Waals surface area contributed by atoms with Crippen LogP contribution < -0.4 is 0 Å². The third-order valence-electron chi connectivity index (χ3n) is 2.87. The second kappa shape index (κ2) is 5.05. The zero-order valence-electron chi connectivity index (χ0n) is 10.6. The second-order valence-electron chi connectivity index (χ2n) is 4.43. The lowest BCUT2D eigenvalue weighted by Crippen LogP contribution is -2.03. The van der Waals surface area contributed by atoms with Crippen molar-refractivity contribution in [2.75, 3.05) is 0 Å². The summed E-state index contributed by atoms with van der Waals surface area (Å²) >= 11 is 0. The van der Waals surface area contributed by atoms with Crippen molar-refractivity contribution in [3.8, 4) is 16.9 Å². The number of hydrogen-bond donors (Lipinski definition) is 3. The Morgan fingerprint density at radius 1 is 0.950 bits per heavy atom. The number of aryl methyl sites for hydroxylation is 1. The number of hydrogen-bond acceptors (Lipinski definition) is 3. The highest BCUT2D eigenvalue weighted by Crippen LogP contribution is 2.29. The Morgan fingerprint density at radius 2 is 1.65 bits per heavy atom. The van der Waals surface area contributed by atoms with E-state index in [2.05, 4.69) is 0 Å². The van der Waals surface area contributed by atoms with E-state index in [1.54, 1.807) is 13.0 Å². The number of phenolic OH excluding ortho intramolecular Hbond substituents is 1. The zero-order chi connectivity index (χ0) is 14.9. The first-order chi connectivity index (χ1) is 9.38. The van der Waals surface area contributed by atoms with Crippen LogP contribution in [0, 0.1) is 6.92 Å². The van der Waals surface area contributed by atoms with E-state index in [0.717, 1.165) is 5.56 Å². The van der Waals surface area contributed by atoms with Crippen molar-refractivity contribution in [3.05, 3.63) is 53.1 Å². The van der Waals surface area contributed by atoms with Crippen LogP contribution in [0.25, 0.3) is 11.1 Å². The highest BCUT2D eigenvalue weighted by molar-refractivity contribution is 5.99. The number of carbonyl (C=O) groups is 2. The van der Waals surface area contributed by atoms with E-state index in [0.29, 0.717) is 5.56 Å². The Kier molecular flexibility index (Phi) is 3.43. The van der Waals surface area contributed by atoms with Gasteiger partial charge in [-0.1, -0.05) is 6.07 Å². The summed E-state index contributed by atoms with van der Waals surface area (Å²) in [6, 6.07) is 8.41. The third-order valence-corrected chi connectivity index (χ3v) is 2.87. The standard InChI is InChI=1S/C15H12O5/c1-8-4-10(6-11(16)5-8)13-7-9(14(17)18)2-3-12(13)15(19)20/h2-7,16H,1H3,(H,17,18)(H,19,20). The van der Waals surface area contributed by atoms with Crippen molar-refractivity contribution < 1.29 is 24.9 Å². The summed E-state index contributed by atoms with van der Waals surface area (Å²) in [5.74, 6) is -2.30. The van der Waals surface area contributed by atoms with Crippen LogP contribution >= 0.6 is 0 Å². The number of aromatic carboxylic acids is 2. The van der Waals surface area contributed by atoms with E-state index < -0.39 is 11.9 Å². The van der Waals surface area contributed by atoms with E-state index >= 15 is 0 Å². The molecule has 2 aromatic carbocycles. The lowest BCUT2D eigenvalue weighted by Gasteiger charge is -2.09. The molecule has 0 fully saturated rings. The molecule has 0 saturated carbocycles. The minimum Gasteiger partial charge on any atom is -0.508 e. The molecule has 0 unspecified atom stereocenters. The molecule has 0 bridgehead atoms. The number of phenols is 1. The highest BCUT2D eigenvalue weighted by Gasteiger charge is 2.15. The van der Waals surface area contributed by atoms with Crippen LogP contribution in [0.15, 0.2) is 36.4 Å². The van der Waals surface area contributed by atoms with E-state index in [4.69, 9.17) is 5.11 Å². The number of carboxylic acid groups (broad SMARTS) is 2. The average Bonchev–Trinajstić information content (AvgIpc) is 2.36. The first-order valence-corrected chi connectivity index (χ1v) is 5.80. The fraction of sp³-hybridized carbons (Fsp3) is 0.0667. The predicted molar refractivity (Wildman–Crippen MR) is 72.2 cm³/mol. The van der Waals surface area contributed by atoms with Crippen LogP contribution in [-0.4, -0.2) is 27.3 Å². The minimum atomic E-state index is -1.15. The van der Waals surface area contributed by atoms with Gasteiger partial charge in [0.15, 0.2) is 0 Å². The van der Waals surface area contributed by atoms with Crippen molar-refractivity contribution >= 4 is 11.9 Å². The molecule has 5 heteroatoms. The maximum Gasteiger partial charge on any atom is 0.336 e. The molecule has 0 radical (unpaired) electrons. The van der Waals surface area contributed by atoms with E-state index in [-0.39, 0.29) is 22.4 Å². The summed E-state index contributed by atoms with van der Waals surface area (Å²) in [5.41, 5.74) is 1.45. The lowest BCUT2D eigenvalue weighted by molar-refractivity contribution is 0.0682. The molecule has 2 aromatic rings. The molecule has 0 heterocycles. The van der Waals surface area contributed by atoms with Gasteiger partial charge in [0.05, 0.1) is 11.1 Å². The summed E-state index contributed by atoms with van der Waals surface area (Å²) in [4.78, 5) is 22.2. The Balaban J connectivity index is 2.71. The van der Waals surface area contributed by atoms with Crippen molar-refractivity contribution in [3.63, 3.8) is 0 Å². The van der Waals surface area contributed by atoms with Gasteiger partial charge in [0.1, 0.15) is 5.75 Å². The molecular formula is C15H12O5. The zero-order valence-corrected chi connectivity index (χ0v) is 10.6.